The zero-order valence-electron chi connectivity index (χ0n) is 12.3. The molecular formula is C14H24N2O2S2. The van der Waals surface area contributed by atoms with Crippen LogP contribution in [0.1, 0.15) is 44.9 Å². The Morgan fingerprint density at radius 3 is 2.70 bits per heavy atom. The van der Waals surface area contributed by atoms with Crippen molar-refractivity contribution in [3.63, 3.8) is 0 Å². The van der Waals surface area contributed by atoms with E-state index in [0.717, 1.165) is 17.8 Å². The summed E-state index contributed by atoms with van der Waals surface area (Å²) >= 11 is 1.51. The molecular weight excluding hydrogens is 292 g/mol. The van der Waals surface area contributed by atoms with Crippen LogP contribution < -0.4 is 10.0 Å². The summed E-state index contributed by atoms with van der Waals surface area (Å²) in [5, 5.41) is 5.13. The highest BCUT2D eigenvalue weighted by Crippen LogP contribution is 2.23. The maximum absolute atomic E-state index is 12.3. The Kier molecular flexibility index (Phi) is 5.23. The highest BCUT2D eigenvalue weighted by molar-refractivity contribution is 7.89. The normalized spacial score (nSPS) is 18.9. The number of hydrogen-bond donors (Lipinski definition) is 2. The van der Waals surface area contributed by atoms with Gasteiger partial charge in [-0.2, -0.15) is 0 Å². The lowest BCUT2D eigenvalue weighted by Crippen LogP contribution is -2.36. The van der Waals surface area contributed by atoms with E-state index in [4.69, 9.17) is 0 Å². The molecule has 2 atom stereocenters. The Bertz CT molecular complexity index is 535. The van der Waals surface area contributed by atoms with E-state index in [0.29, 0.717) is 16.9 Å². The second-order valence-corrected chi connectivity index (χ2v) is 8.41. The van der Waals surface area contributed by atoms with Gasteiger partial charge in [0, 0.05) is 28.9 Å². The van der Waals surface area contributed by atoms with Gasteiger partial charge in [0.15, 0.2) is 0 Å². The average molecular weight is 316 g/mol. The Hall–Kier alpha value is -0.430. The summed E-state index contributed by atoms with van der Waals surface area (Å²) < 4.78 is 27.4. The molecule has 0 aliphatic heterocycles. The van der Waals surface area contributed by atoms with Crippen LogP contribution in [0.5, 0.6) is 0 Å². The fraction of sp³-hybridized carbons (Fsp3) is 0.714. The first-order valence-corrected chi connectivity index (χ1v) is 9.61. The Morgan fingerprint density at radius 2 is 2.10 bits per heavy atom. The summed E-state index contributed by atoms with van der Waals surface area (Å²) in [6.45, 7) is 6.83. The molecule has 1 heterocycles. The fourth-order valence-corrected chi connectivity index (χ4v) is 4.49. The Balaban J connectivity index is 1.97. The van der Waals surface area contributed by atoms with E-state index in [2.05, 4.69) is 23.9 Å². The van der Waals surface area contributed by atoms with E-state index in [1.807, 2.05) is 6.92 Å². The van der Waals surface area contributed by atoms with E-state index in [1.54, 1.807) is 11.4 Å². The van der Waals surface area contributed by atoms with Crippen LogP contribution in [0.15, 0.2) is 16.3 Å². The van der Waals surface area contributed by atoms with Gasteiger partial charge in [-0.05, 0) is 31.7 Å². The van der Waals surface area contributed by atoms with E-state index >= 15 is 0 Å². The third-order valence-corrected chi connectivity index (χ3v) is 6.55. The van der Waals surface area contributed by atoms with Crippen molar-refractivity contribution in [3.05, 3.63) is 16.3 Å². The fourth-order valence-electron chi connectivity index (χ4n) is 1.91. The van der Waals surface area contributed by atoms with Gasteiger partial charge in [-0.1, -0.05) is 20.3 Å². The number of rotatable bonds is 8. The molecule has 0 bridgehead atoms. The molecule has 1 aromatic rings. The third kappa shape index (κ3) is 4.28. The van der Waals surface area contributed by atoms with Crippen LogP contribution in [-0.4, -0.2) is 20.5 Å². The van der Waals surface area contributed by atoms with Crippen LogP contribution in [0.3, 0.4) is 0 Å². The zero-order valence-corrected chi connectivity index (χ0v) is 14.0. The minimum atomic E-state index is -3.38. The van der Waals surface area contributed by atoms with Gasteiger partial charge < -0.3 is 5.32 Å². The topological polar surface area (TPSA) is 58.2 Å². The molecule has 0 spiro atoms. The van der Waals surface area contributed by atoms with Crippen molar-refractivity contribution in [1.29, 1.82) is 0 Å². The predicted octanol–water partition coefficient (Wildman–Crippen LogP) is 2.71. The first-order chi connectivity index (χ1) is 9.42. The van der Waals surface area contributed by atoms with Gasteiger partial charge in [0.1, 0.15) is 0 Å². The summed E-state index contributed by atoms with van der Waals surface area (Å²) in [5.74, 6) is 0.333. The zero-order chi connectivity index (χ0) is 14.8. The maximum Gasteiger partial charge on any atom is 0.241 e. The van der Waals surface area contributed by atoms with Crippen molar-refractivity contribution in [2.45, 2.75) is 63.6 Å². The lowest BCUT2D eigenvalue weighted by atomic mass is 10.0. The summed E-state index contributed by atoms with van der Waals surface area (Å²) in [6, 6.07) is 2.38. The number of nitrogens with one attached hydrogen (secondary N) is 2. The van der Waals surface area contributed by atoms with Gasteiger partial charge in [0.2, 0.25) is 10.0 Å². The second kappa shape index (κ2) is 6.56. The monoisotopic (exact) mass is 316 g/mol. The van der Waals surface area contributed by atoms with Gasteiger partial charge in [-0.25, -0.2) is 13.1 Å². The lowest BCUT2D eigenvalue weighted by Gasteiger charge is -2.19. The number of hydrogen-bond acceptors (Lipinski definition) is 4. The third-order valence-electron chi connectivity index (χ3n) is 3.92. The van der Waals surface area contributed by atoms with Crippen LogP contribution in [0.2, 0.25) is 0 Å². The van der Waals surface area contributed by atoms with Crippen LogP contribution in [0.4, 0.5) is 0 Å². The second-order valence-electron chi connectivity index (χ2n) is 5.70. The maximum atomic E-state index is 12.3. The van der Waals surface area contributed by atoms with Crippen molar-refractivity contribution in [3.8, 4) is 0 Å². The molecule has 20 heavy (non-hydrogen) atoms. The molecule has 1 fully saturated rings. The molecule has 4 nitrogen and oxygen atoms in total. The molecule has 2 N–H and O–H groups in total. The van der Waals surface area contributed by atoms with Crippen LogP contribution in [0.25, 0.3) is 0 Å². The van der Waals surface area contributed by atoms with Crippen molar-refractivity contribution in [2.24, 2.45) is 5.92 Å². The summed E-state index contributed by atoms with van der Waals surface area (Å²) in [4.78, 5) is 1.47. The van der Waals surface area contributed by atoms with Crippen molar-refractivity contribution < 1.29 is 8.42 Å². The van der Waals surface area contributed by atoms with Gasteiger partial charge in [0.25, 0.3) is 0 Å². The highest BCUT2D eigenvalue weighted by atomic mass is 32.2. The van der Waals surface area contributed by atoms with E-state index in [9.17, 15) is 8.42 Å². The standard InChI is InChI=1S/C14H24N2O2S2/c1-4-10(2)11(3)16-20(17,18)14-7-13(19-9-14)8-15-12-5-6-12/h7,9-12,15-16H,4-6,8H2,1-3H3. The van der Waals surface area contributed by atoms with Gasteiger partial charge >= 0.3 is 0 Å². The molecule has 0 radical (unpaired) electrons. The molecule has 0 saturated heterocycles. The Labute approximate surface area is 126 Å². The highest BCUT2D eigenvalue weighted by Gasteiger charge is 2.23. The van der Waals surface area contributed by atoms with Crippen LogP contribution >= 0.6 is 11.3 Å². The van der Waals surface area contributed by atoms with Crippen LogP contribution in [-0.2, 0) is 16.6 Å². The van der Waals surface area contributed by atoms with Crippen LogP contribution in [0, 0.1) is 5.92 Å². The Morgan fingerprint density at radius 1 is 1.40 bits per heavy atom. The predicted molar refractivity (Wildman–Crippen MR) is 83.4 cm³/mol. The van der Waals surface area contributed by atoms with Gasteiger partial charge in [0.05, 0.1) is 4.90 Å². The molecule has 1 aromatic heterocycles. The largest absolute Gasteiger partial charge is 0.309 e. The van der Waals surface area contributed by atoms with E-state index in [-0.39, 0.29) is 6.04 Å². The van der Waals surface area contributed by atoms with E-state index in [1.165, 1.54) is 24.2 Å². The SMILES string of the molecule is CCC(C)C(C)NS(=O)(=O)c1csc(CNC2CC2)c1. The number of thiophene rings is 1. The van der Waals surface area contributed by atoms with Gasteiger partial charge in [-0.15, -0.1) is 11.3 Å². The molecule has 114 valence electrons. The van der Waals surface area contributed by atoms with Gasteiger partial charge in [-0.3, -0.25) is 0 Å². The minimum Gasteiger partial charge on any atom is -0.309 e. The molecule has 2 rings (SSSR count). The van der Waals surface area contributed by atoms with Crippen molar-refractivity contribution in [2.75, 3.05) is 0 Å². The first kappa shape index (κ1) is 15.9. The molecule has 1 aliphatic carbocycles. The molecule has 0 aromatic carbocycles. The van der Waals surface area contributed by atoms with Crippen molar-refractivity contribution in [1.82, 2.24) is 10.0 Å². The number of sulfonamides is 1. The molecule has 1 saturated carbocycles. The smallest absolute Gasteiger partial charge is 0.241 e. The summed E-state index contributed by atoms with van der Waals surface area (Å²) in [7, 11) is -3.38. The lowest BCUT2D eigenvalue weighted by molar-refractivity contribution is 0.434. The summed E-state index contributed by atoms with van der Waals surface area (Å²) in [5.41, 5.74) is 0. The quantitative estimate of drug-likeness (QED) is 0.775. The minimum absolute atomic E-state index is 0.0436. The first-order valence-electron chi connectivity index (χ1n) is 7.25. The molecule has 1 aliphatic rings. The van der Waals surface area contributed by atoms with E-state index < -0.39 is 10.0 Å². The van der Waals surface area contributed by atoms with Crippen molar-refractivity contribution >= 4 is 21.4 Å². The molecule has 6 heteroatoms. The summed E-state index contributed by atoms with van der Waals surface area (Å²) in [6.07, 6.45) is 3.44. The molecule has 2 unspecified atom stereocenters. The average Bonchev–Trinajstić information content (AvgIpc) is 3.10. The molecule has 0 amide bonds.